The zero-order chi connectivity index (χ0) is 14.1. The van der Waals surface area contributed by atoms with Crippen molar-refractivity contribution in [3.8, 4) is 16.9 Å². The van der Waals surface area contributed by atoms with Crippen molar-refractivity contribution in [2.24, 2.45) is 0 Å². The molecule has 2 aromatic heterocycles. The first-order chi connectivity index (χ1) is 9.65. The molecule has 0 fully saturated rings. The minimum absolute atomic E-state index is 0.473. The molecule has 0 radical (unpaired) electrons. The molecule has 0 amide bonds. The summed E-state index contributed by atoms with van der Waals surface area (Å²) < 4.78 is 1.67. The van der Waals surface area contributed by atoms with Crippen LogP contribution in [0, 0.1) is 0 Å². The fraction of sp³-hybridized carbons (Fsp3) is 0. The first-order valence-corrected chi connectivity index (χ1v) is 6.62. The minimum Gasteiger partial charge on any atom is -0.396 e. The Morgan fingerprint density at radius 2 is 1.95 bits per heavy atom. The SMILES string of the molecule is Nc1cn(-c2ccc(Cl)c(Cl)c2)nc1-c1cccnc1. The van der Waals surface area contributed by atoms with Gasteiger partial charge in [-0.1, -0.05) is 23.2 Å². The van der Waals surface area contributed by atoms with Crippen molar-refractivity contribution in [1.29, 1.82) is 0 Å². The van der Waals surface area contributed by atoms with E-state index < -0.39 is 0 Å². The van der Waals surface area contributed by atoms with E-state index in [0.717, 1.165) is 11.3 Å². The largest absolute Gasteiger partial charge is 0.396 e. The Balaban J connectivity index is 2.06. The molecular weight excluding hydrogens is 295 g/mol. The highest BCUT2D eigenvalue weighted by molar-refractivity contribution is 6.42. The van der Waals surface area contributed by atoms with Crippen molar-refractivity contribution in [1.82, 2.24) is 14.8 Å². The summed E-state index contributed by atoms with van der Waals surface area (Å²) in [7, 11) is 0. The molecular formula is C14H10Cl2N4. The second-order valence-electron chi connectivity index (χ2n) is 4.22. The van der Waals surface area contributed by atoms with E-state index in [9.17, 15) is 0 Å². The molecule has 0 bridgehead atoms. The number of benzene rings is 1. The number of aromatic nitrogens is 3. The number of hydrogen-bond acceptors (Lipinski definition) is 3. The van der Waals surface area contributed by atoms with Gasteiger partial charge in [0.1, 0.15) is 5.69 Å². The number of halogens is 2. The van der Waals surface area contributed by atoms with E-state index in [0.29, 0.717) is 21.4 Å². The van der Waals surface area contributed by atoms with Crippen LogP contribution >= 0.6 is 23.2 Å². The van der Waals surface area contributed by atoms with Crippen molar-refractivity contribution >= 4 is 28.9 Å². The van der Waals surface area contributed by atoms with Gasteiger partial charge in [-0.3, -0.25) is 4.98 Å². The second-order valence-corrected chi connectivity index (χ2v) is 5.03. The number of nitrogen functional groups attached to an aromatic ring is 1. The van der Waals surface area contributed by atoms with E-state index in [1.807, 2.05) is 18.2 Å². The van der Waals surface area contributed by atoms with Crippen LogP contribution < -0.4 is 5.73 Å². The molecule has 0 spiro atoms. The number of pyridine rings is 1. The van der Waals surface area contributed by atoms with Gasteiger partial charge in [-0.25, -0.2) is 4.68 Å². The van der Waals surface area contributed by atoms with Crippen LogP contribution in [0.1, 0.15) is 0 Å². The van der Waals surface area contributed by atoms with Crippen molar-refractivity contribution in [3.05, 3.63) is 59.0 Å². The topological polar surface area (TPSA) is 56.7 Å². The quantitative estimate of drug-likeness (QED) is 0.783. The van der Waals surface area contributed by atoms with Gasteiger partial charge in [-0.2, -0.15) is 5.10 Å². The fourth-order valence-corrected chi connectivity index (χ4v) is 2.17. The average molecular weight is 305 g/mol. The Hall–Kier alpha value is -2.04. The third kappa shape index (κ3) is 2.35. The van der Waals surface area contributed by atoms with Gasteiger partial charge in [0, 0.05) is 18.0 Å². The zero-order valence-corrected chi connectivity index (χ0v) is 11.8. The minimum atomic E-state index is 0.473. The van der Waals surface area contributed by atoms with Crippen molar-refractivity contribution < 1.29 is 0 Å². The lowest BCUT2D eigenvalue weighted by Crippen LogP contribution is -1.94. The summed E-state index contributed by atoms with van der Waals surface area (Å²) in [4.78, 5) is 4.07. The smallest absolute Gasteiger partial charge is 0.117 e. The Labute approximate surface area is 125 Å². The van der Waals surface area contributed by atoms with Gasteiger partial charge < -0.3 is 5.73 Å². The van der Waals surface area contributed by atoms with Gasteiger partial charge >= 0.3 is 0 Å². The van der Waals surface area contributed by atoms with Gasteiger partial charge in [0.2, 0.25) is 0 Å². The van der Waals surface area contributed by atoms with E-state index in [1.54, 1.807) is 35.4 Å². The number of rotatable bonds is 2. The summed E-state index contributed by atoms with van der Waals surface area (Å²) in [5.41, 5.74) is 8.92. The first kappa shape index (κ1) is 13.0. The second kappa shape index (κ2) is 5.15. The van der Waals surface area contributed by atoms with Crippen molar-refractivity contribution in [2.45, 2.75) is 0 Å². The van der Waals surface area contributed by atoms with Gasteiger partial charge in [0.05, 0.1) is 27.6 Å². The third-order valence-corrected chi connectivity index (χ3v) is 3.58. The van der Waals surface area contributed by atoms with Crippen LogP contribution in [-0.4, -0.2) is 14.8 Å². The Morgan fingerprint density at radius 1 is 1.10 bits per heavy atom. The predicted octanol–water partition coefficient (Wildman–Crippen LogP) is 3.82. The van der Waals surface area contributed by atoms with Crippen molar-refractivity contribution in [2.75, 3.05) is 5.73 Å². The lowest BCUT2D eigenvalue weighted by atomic mass is 10.2. The molecule has 0 unspecified atom stereocenters. The summed E-state index contributed by atoms with van der Waals surface area (Å²) >= 11 is 11.9. The van der Waals surface area contributed by atoms with Crippen LogP contribution in [0.25, 0.3) is 16.9 Å². The molecule has 0 atom stereocenters. The molecule has 0 aliphatic heterocycles. The molecule has 0 saturated heterocycles. The number of nitrogens with two attached hydrogens (primary N) is 1. The molecule has 0 aliphatic rings. The number of anilines is 1. The van der Waals surface area contributed by atoms with E-state index in [2.05, 4.69) is 10.1 Å². The lowest BCUT2D eigenvalue weighted by Gasteiger charge is -2.02. The Morgan fingerprint density at radius 3 is 2.65 bits per heavy atom. The van der Waals surface area contributed by atoms with Crippen LogP contribution in [-0.2, 0) is 0 Å². The first-order valence-electron chi connectivity index (χ1n) is 5.86. The molecule has 0 aliphatic carbocycles. The monoisotopic (exact) mass is 304 g/mol. The van der Waals surface area contributed by atoms with Crippen LogP contribution in [0.2, 0.25) is 10.0 Å². The van der Waals surface area contributed by atoms with Gasteiger partial charge in [-0.05, 0) is 30.3 Å². The molecule has 0 saturated carbocycles. The molecule has 3 rings (SSSR count). The maximum absolute atomic E-state index is 6.01. The maximum atomic E-state index is 6.01. The molecule has 4 nitrogen and oxygen atoms in total. The van der Waals surface area contributed by atoms with Gasteiger partial charge in [0.25, 0.3) is 0 Å². The lowest BCUT2D eigenvalue weighted by molar-refractivity contribution is 0.884. The van der Waals surface area contributed by atoms with Gasteiger partial charge in [-0.15, -0.1) is 0 Å². The zero-order valence-electron chi connectivity index (χ0n) is 10.3. The van der Waals surface area contributed by atoms with Crippen LogP contribution in [0.4, 0.5) is 5.69 Å². The standard InChI is InChI=1S/C14H10Cl2N4/c15-11-4-3-10(6-12(11)16)20-8-13(17)14(19-20)9-2-1-5-18-7-9/h1-8H,17H2. The molecule has 20 heavy (non-hydrogen) atoms. The molecule has 2 N–H and O–H groups in total. The molecule has 2 heterocycles. The molecule has 1 aromatic carbocycles. The summed E-state index contributed by atoms with van der Waals surface area (Å²) in [6.45, 7) is 0. The predicted molar refractivity (Wildman–Crippen MR) is 81.2 cm³/mol. The number of nitrogens with zero attached hydrogens (tertiary/aromatic N) is 3. The van der Waals surface area contributed by atoms with Crippen molar-refractivity contribution in [3.63, 3.8) is 0 Å². The highest BCUT2D eigenvalue weighted by atomic mass is 35.5. The van der Waals surface area contributed by atoms with E-state index >= 15 is 0 Å². The molecule has 3 aromatic rings. The third-order valence-electron chi connectivity index (χ3n) is 2.85. The molecule has 6 heteroatoms. The normalized spacial score (nSPS) is 10.7. The van der Waals surface area contributed by atoms with Crippen LogP contribution in [0.5, 0.6) is 0 Å². The van der Waals surface area contributed by atoms with Crippen LogP contribution in [0.15, 0.2) is 48.9 Å². The molecule has 100 valence electrons. The maximum Gasteiger partial charge on any atom is 0.117 e. The summed E-state index contributed by atoms with van der Waals surface area (Å²) in [6, 6.07) is 9.04. The summed E-state index contributed by atoms with van der Waals surface area (Å²) in [6.07, 6.45) is 5.16. The van der Waals surface area contributed by atoms with Crippen LogP contribution in [0.3, 0.4) is 0 Å². The highest BCUT2D eigenvalue weighted by Crippen LogP contribution is 2.27. The average Bonchev–Trinajstić information content (AvgIpc) is 2.85. The highest BCUT2D eigenvalue weighted by Gasteiger charge is 2.10. The fourth-order valence-electron chi connectivity index (χ4n) is 1.87. The number of hydrogen-bond donors (Lipinski definition) is 1. The Bertz CT molecular complexity index is 753. The summed E-state index contributed by atoms with van der Waals surface area (Å²) in [5, 5.41) is 5.45. The Kier molecular flexibility index (Phi) is 3.34. The van der Waals surface area contributed by atoms with Gasteiger partial charge in [0.15, 0.2) is 0 Å². The summed E-state index contributed by atoms with van der Waals surface area (Å²) in [5.74, 6) is 0. The van der Waals surface area contributed by atoms with E-state index in [1.165, 1.54) is 0 Å². The van der Waals surface area contributed by atoms with E-state index in [4.69, 9.17) is 28.9 Å². The van der Waals surface area contributed by atoms with E-state index in [-0.39, 0.29) is 0 Å².